The molecule has 0 N–H and O–H groups in total. The predicted molar refractivity (Wildman–Crippen MR) is 58.9 cm³/mol. The van der Waals surface area contributed by atoms with Crippen molar-refractivity contribution in [3.05, 3.63) is 35.9 Å². The molecule has 0 fully saturated rings. The molecule has 1 aromatic carbocycles. The summed E-state index contributed by atoms with van der Waals surface area (Å²) < 4.78 is 24.0. The molecular formula is C12H15F2NO. The quantitative estimate of drug-likeness (QED) is 0.696. The average molecular weight is 227 g/mol. The van der Waals surface area contributed by atoms with Crippen LogP contribution in [0.15, 0.2) is 30.3 Å². The number of ketones is 1. The SMILES string of the molecule is CN(CCC(=O)c1ccccc1)CC(F)F. The number of benzene rings is 1. The summed E-state index contributed by atoms with van der Waals surface area (Å²) in [5.41, 5.74) is 0.632. The number of hydrogen-bond acceptors (Lipinski definition) is 2. The fraction of sp³-hybridized carbons (Fsp3) is 0.417. The smallest absolute Gasteiger partial charge is 0.251 e. The summed E-state index contributed by atoms with van der Waals surface area (Å²) >= 11 is 0. The number of carbonyl (C=O) groups excluding carboxylic acids is 1. The van der Waals surface area contributed by atoms with Crippen molar-refractivity contribution in [3.63, 3.8) is 0 Å². The van der Waals surface area contributed by atoms with Gasteiger partial charge < -0.3 is 4.90 Å². The van der Waals surface area contributed by atoms with Crippen LogP contribution >= 0.6 is 0 Å². The van der Waals surface area contributed by atoms with Gasteiger partial charge in [0.15, 0.2) is 5.78 Å². The third-order valence-electron chi connectivity index (χ3n) is 2.27. The van der Waals surface area contributed by atoms with Gasteiger partial charge in [0.05, 0.1) is 6.54 Å². The molecule has 0 heterocycles. The molecule has 16 heavy (non-hydrogen) atoms. The highest BCUT2D eigenvalue weighted by atomic mass is 19.3. The van der Waals surface area contributed by atoms with Crippen molar-refractivity contribution >= 4 is 5.78 Å². The maximum Gasteiger partial charge on any atom is 0.251 e. The van der Waals surface area contributed by atoms with Crippen molar-refractivity contribution in [2.24, 2.45) is 0 Å². The van der Waals surface area contributed by atoms with E-state index in [1.807, 2.05) is 6.07 Å². The summed E-state index contributed by atoms with van der Waals surface area (Å²) in [7, 11) is 1.59. The molecule has 88 valence electrons. The lowest BCUT2D eigenvalue weighted by Gasteiger charge is -2.14. The van der Waals surface area contributed by atoms with E-state index in [2.05, 4.69) is 0 Å². The number of carbonyl (C=O) groups is 1. The Labute approximate surface area is 93.9 Å². The Morgan fingerprint density at radius 2 is 1.94 bits per heavy atom. The van der Waals surface area contributed by atoms with Crippen molar-refractivity contribution in [2.75, 3.05) is 20.1 Å². The molecular weight excluding hydrogens is 212 g/mol. The summed E-state index contributed by atoms with van der Waals surface area (Å²) in [6, 6.07) is 8.87. The molecule has 0 aliphatic rings. The van der Waals surface area contributed by atoms with Crippen LogP contribution in [0.4, 0.5) is 8.78 Å². The molecule has 2 nitrogen and oxygen atoms in total. The lowest BCUT2D eigenvalue weighted by atomic mass is 10.1. The number of Topliss-reactive ketones (excluding diaryl/α,β-unsaturated/α-hetero) is 1. The number of hydrogen-bond donors (Lipinski definition) is 0. The second kappa shape index (κ2) is 6.33. The maximum atomic E-state index is 12.0. The first-order chi connectivity index (χ1) is 7.59. The highest BCUT2D eigenvalue weighted by Gasteiger charge is 2.10. The fourth-order valence-electron chi connectivity index (χ4n) is 1.39. The van der Waals surface area contributed by atoms with Crippen molar-refractivity contribution < 1.29 is 13.6 Å². The van der Waals surface area contributed by atoms with Crippen molar-refractivity contribution in [2.45, 2.75) is 12.8 Å². The molecule has 0 saturated carbocycles. The number of alkyl halides is 2. The Balaban J connectivity index is 2.36. The summed E-state index contributed by atoms with van der Waals surface area (Å²) in [5, 5.41) is 0. The van der Waals surface area contributed by atoms with Crippen LogP contribution in [0.25, 0.3) is 0 Å². The van der Waals surface area contributed by atoms with Gasteiger partial charge in [-0.3, -0.25) is 4.79 Å². The molecule has 0 amide bonds. The zero-order chi connectivity index (χ0) is 12.0. The largest absolute Gasteiger partial charge is 0.300 e. The van der Waals surface area contributed by atoms with Crippen LogP contribution in [0.3, 0.4) is 0 Å². The molecule has 0 saturated heterocycles. The normalized spacial score (nSPS) is 11.1. The Morgan fingerprint density at radius 1 is 1.31 bits per heavy atom. The summed E-state index contributed by atoms with van der Waals surface area (Å²) in [6.07, 6.45) is -2.08. The number of rotatable bonds is 6. The Morgan fingerprint density at radius 3 is 2.50 bits per heavy atom. The molecule has 0 spiro atoms. The monoisotopic (exact) mass is 227 g/mol. The molecule has 0 radical (unpaired) electrons. The molecule has 0 aromatic heterocycles. The van der Waals surface area contributed by atoms with E-state index in [1.165, 1.54) is 4.90 Å². The van der Waals surface area contributed by atoms with Gasteiger partial charge in [-0.2, -0.15) is 0 Å². The van der Waals surface area contributed by atoms with Gasteiger partial charge in [-0.15, -0.1) is 0 Å². The number of nitrogens with zero attached hydrogens (tertiary/aromatic N) is 1. The zero-order valence-corrected chi connectivity index (χ0v) is 9.20. The van der Waals surface area contributed by atoms with E-state index in [0.717, 1.165) is 0 Å². The van der Waals surface area contributed by atoms with E-state index in [1.54, 1.807) is 31.3 Å². The van der Waals surface area contributed by atoms with Crippen LogP contribution < -0.4 is 0 Å². The van der Waals surface area contributed by atoms with Gasteiger partial charge in [-0.1, -0.05) is 30.3 Å². The molecule has 1 rings (SSSR count). The second-order valence-corrected chi connectivity index (χ2v) is 3.69. The summed E-state index contributed by atoms with van der Waals surface area (Å²) in [5.74, 6) is -0.0123. The minimum absolute atomic E-state index is 0.0123. The lowest BCUT2D eigenvalue weighted by molar-refractivity contribution is 0.0881. The molecule has 4 heteroatoms. The molecule has 1 aromatic rings. The van der Waals surface area contributed by atoms with E-state index in [-0.39, 0.29) is 18.7 Å². The summed E-state index contributed by atoms with van der Waals surface area (Å²) in [4.78, 5) is 13.1. The van der Waals surface area contributed by atoms with Gasteiger partial charge in [-0.05, 0) is 7.05 Å². The maximum absolute atomic E-state index is 12.0. The molecule has 0 aliphatic heterocycles. The van der Waals surface area contributed by atoms with Crippen LogP contribution in [0, 0.1) is 0 Å². The lowest BCUT2D eigenvalue weighted by Crippen LogP contribution is -2.27. The zero-order valence-electron chi connectivity index (χ0n) is 9.20. The summed E-state index contributed by atoms with van der Waals surface area (Å²) in [6.45, 7) is 0.0696. The van der Waals surface area contributed by atoms with Crippen LogP contribution in [-0.2, 0) is 0 Å². The molecule has 0 aliphatic carbocycles. The van der Waals surface area contributed by atoms with Crippen molar-refractivity contribution in [3.8, 4) is 0 Å². The van der Waals surface area contributed by atoms with E-state index in [4.69, 9.17) is 0 Å². The van der Waals surface area contributed by atoms with Crippen LogP contribution in [0.2, 0.25) is 0 Å². The van der Waals surface area contributed by atoms with Gasteiger partial charge in [0.2, 0.25) is 0 Å². The molecule has 0 unspecified atom stereocenters. The van der Waals surface area contributed by atoms with E-state index in [0.29, 0.717) is 12.1 Å². The fourth-order valence-corrected chi connectivity index (χ4v) is 1.39. The third-order valence-corrected chi connectivity index (χ3v) is 2.27. The first-order valence-electron chi connectivity index (χ1n) is 5.14. The average Bonchev–Trinajstić information content (AvgIpc) is 2.26. The van der Waals surface area contributed by atoms with Gasteiger partial charge >= 0.3 is 0 Å². The highest BCUT2D eigenvalue weighted by molar-refractivity contribution is 5.96. The van der Waals surface area contributed by atoms with Gasteiger partial charge in [0.25, 0.3) is 6.43 Å². The van der Waals surface area contributed by atoms with E-state index in [9.17, 15) is 13.6 Å². The Bertz CT molecular complexity index is 327. The van der Waals surface area contributed by atoms with Gasteiger partial charge in [0, 0.05) is 18.5 Å². The Kier molecular flexibility index (Phi) is 5.05. The van der Waals surface area contributed by atoms with Crippen LogP contribution in [0.1, 0.15) is 16.8 Å². The second-order valence-electron chi connectivity index (χ2n) is 3.69. The van der Waals surface area contributed by atoms with Gasteiger partial charge in [0.1, 0.15) is 0 Å². The van der Waals surface area contributed by atoms with E-state index < -0.39 is 6.43 Å². The van der Waals surface area contributed by atoms with Crippen molar-refractivity contribution in [1.82, 2.24) is 4.90 Å². The minimum Gasteiger partial charge on any atom is -0.300 e. The first kappa shape index (κ1) is 12.8. The minimum atomic E-state index is -2.35. The van der Waals surface area contributed by atoms with E-state index >= 15 is 0 Å². The van der Waals surface area contributed by atoms with Crippen molar-refractivity contribution in [1.29, 1.82) is 0 Å². The van der Waals surface area contributed by atoms with Gasteiger partial charge in [-0.25, -0.2) is 8.78 Å². The standard InChI is InChI=1S/C12H15F2NO/c1-15(9-12(13)14)8-7-11(16)10-5-3-2-4-6-10/h2-6,12H,7-9H2,1H3. The Hall–Kier alpha value is -1.29. The van der Waals surface area contributed by atoms with Crippen LogP contribution in [0.5, 0.6) is 0 Å². The molecule has 0 bridgehead atoms. The molecule has 0 atom stereocenters. The highest BCUT2D eigenvalue weighted by Crippen LogP contribution is 2.04. The topological polar surface area (TPSA) is 20.3 Å². The first-order valence-corrected chi connectivity index (χ1v) is 5.14. The van der Waals surface area contributed by atoms with Crippen LogP contribution in [-0.4, -0.2) is 37.2 Å². The third kappa shape index (κ3) is 4.49. The predicted octanol–water partition coefficient (Wildman–Crippen LogP) is 2.46. The number of halogens is 2.